The topological polar surface area (TPSA) is 54.7 Å². The monoisotopic (exact) mass is 127 g/mol. The zero-order chi connectivity index (χ0) is 6.95. The first kappa shape index (κ1) is 8.17. The van der Waals surface area contributed by atoms with Gasteiger partial charge in [-0.1, -0.05) is 6.92 Å². The van der Waals surface area contributed by atoms with Crippen molar-refractivity contribution >= 4 is 0 Å². The molecule has 3 heteroatoms. The van der Waals surface area contributed by atoms with Gasteiger partial charge in [-0.3, -0.25) is 5.10 Å². The Hall–Kier alpha value is -0.830. The van der Waals surface area contributed by atoms with Crippen LogP contribution in [0.15, 0.2) is 18.5 Å². The molecule has 0 unspecified atom stereocenters. The molecule has 1 aromatic heterocycles. The first-order valence-corrected chi connectivity index (χ1v) is 3.05. The summed E-state index contributed by atoms with van der Waals surface area (Å²) in [6, 6.07) is 1.83. The first-order valence-electron chi connectivity index (χ1n) is 3.05. The summed E-state index contributed by atoms with van der Waals surface area (Å²) in [5, 5.41) is 6.21. The van der Waals surface area contributed by atoms with Gasteiger partial charge in [0.25, 0.3) is 0 Å². The molecule has 1 aromatic rings. The van der Waals surface area contributed by atoms with Gasteiger partial charge in [0.05, 0.1) is 0 Å². The van der Waals surface area contributed by atoms with Crippen LogP contribution in [0.3, 0.4) is 0 Å². The number of rotatable bonds is 1. The summed E-state index contributed by atoms with van der Waals surface area (Å²) in [4.78, 5) is 0. The van der Waals surface area contributed by atoms with Crippen LogP contribution in [0.1, 0.15) is 13.3 Å². The molecule has 9 heavy (non-hydrogen) atoms. The van der Waals surface area contributed by atoms with Crippen LogP contribution < -0.4 is 5.73 Å². The molecule has 3 nitrogen and oxygen atoms in total. The summed E-state index contributed by atoms with van der Waals surface area (Å²) in [6.45, 7) is 2.88. The third kappa shape index (κ3) is 7.17. The van der Waals surface area contributed by atoms with Crippen molar-refractivity contribution in [3.8, 4) is 0 Å². The molecule has 0 radical (unpaired) electrons. The van der Waals surface area contributed by atoms with Gasteiger partial charge in [-0.2, -0.15) is 5.10 Å². The Balaban J connectivity index is 0.000000148. The van der Waals surface area contributed by atoms with Crippen molar-refractivity contribution in [3.63, 3.8) is 0 Å². The van der Waals surface area contributed by atoms with Crippen molar-refractivity contribution in [1.82, 2.24) is 10.2 Å². The fourth-order valence-electron chi connectivity index (χ4n) is 0.215. The van der Waals surface area contributed by atoms with Gasteiger partial charge in [-0.15, -0.1) is 0 Å². The molecule has 0 saturated carbocycles. The Kier molecular flexibility index (Phi) is 6.51. The molecule has 0 aromatic carbocycles. The lowest BCUT2D eigenvalue weighted by atomic mass is 10.5. The molecule has 3 N–H and O–H groups in total. The molecule has 1 heterocycles. The highest BCUT2D eigenvalue weighted by atomic mass is 15.1. The van der Waals surface area contributed by atoms with E-state index in [0.29, 0.717) is 0 Å². The maximum Gasteiger partial charge on any atom is 0.0487 e. The third-order valence-corrected chi connectivity index (χ3v) is 0.695. The second kappa shape index (κ2) is 7.17. The fraction of sp³-hybridized carbons (Fsp3) is 0.500. The zero-order valence-corrected chi connectivity index (χ0v) is 5.67. The van der Waals surface area contributed by atoms with Crippen LogP contribution in [0.4, 0.5) is 0 Å². The number of aromatic nitrogens is 2. The van der Waals surface area contributed by atoms with Crippen LogP contribution >= 0.6 is 0 Å². The predicted octanol–water partition coefficient (Wildman–Crippen LogP) is 0.765. The quantitative estimate of drug-likeness (QED) is 0.585. The number of hydrogen-bond donors (Lipinski definition) is 2. The van der Waals surface area contributed by atoms with Crippen molar-refractivity contribution in [2.24, 2.45) is 5.73 Å². The van der Waals surface area contributed by atoms with E-state index in [2.05, 4.69) is 17.1 Å². The molecule has 52 valence electrons. The molecular weight excluding hydrogens is 114 g/mol. The van der Waals surface area contributed by atoms with Gasteiger partial charge >= 0.3 is 0 Å². The van der Waals surface area contributed by atoms with E-state index in [4.69, 9.17) is 5.73 Å². The maximum absolute atomic E-state index is 5.03. The van der Waals surface area contributed by atoms with Gasteiger partial charge in [0.1, 0.15) is 0 Å². The number of nitrogens with one attached hydrogen (secondary N) is 1. The Morgan fingerprint density at radius 3 is 2.44 bits per heavy atom. The van der Waals surface area contributed by atoms with Crippen LogP contribution in [-0.4, -0.2) is 16.7 Å². The minimum absolute atomic E-state index is 0.819. The van der Waals surface area contributed by atoms with Gasteiger partial charge in [0.2, 0.25) is 0 Å². The van der Waals surface area contributed by atoms with Gasteiger partial charge in [-0.05, 0) is 19.0 Å². The van der Waals surface area contributed by atoms with E-state index in [9.17, 15) is 0 Å². The minimum atomic E-state index is 0.819. The van der Waals surface area contributed by atoms with E-state index in [0.717, 1.165) is 13.0 Å². The molecule has 0 atom stereocenters. The van der Waals surface area contributed by atoms with E-state index in [-0.39, 0.29) is 0 Å². The van der Waals surface area contributed by atoms with E-state index in [1.165, 1.54) is 0 Å². The van der Waals surface area contributed by atoms with Gasteiger partial charge in [0, 0.05) is 12.4 Å². The number of hydrogen-bond acceptors (Lipinski definition) is 2. The first-order chi connectivity index (χ1) is 4.41. The molecule has 0 saturated heterocycles. The zero-order valence-electron chi connectivity index (χ0n) is 5.67. The predicted molar refractivity (Wildman–Crippen MR) is 37.9 cm³/mol. The molecule has 0 aliphatic heterocycles. The van der Waals surface area contributed by atoms with Crippen LogP contribution in [0, 0.1) is 0 Å². The number of H-pyrrole nitrogens is 1. The highest BCUT2D eigenvalue weighted by molar-refractivity contribution is 4.72. The van der Waals surface area contributed by atoms with E-state index >= 15 is 0 Å². The molecule has 1 rings (SSSR count). The fourth-order valence-corrected chi connectivity index (χ4v) is 0.215. The Morgan fingerprint density at radius 1 is 1.67 bits per heavy atom. The molecular formula is C6H13N3. The summed E-state index contributed by atoms with van der Waals surface area (Å²) in [6.07, 6.45) is 4.56. The van der Waals surface area contributed by atoms with Crippen molar-refractivity contribution < 1.29 is 0 Å². The summed E-state index contributed by atoms with van der Waals surface area (Å²) in [5.41, 5.74) is 5.03. The molecule has 0 bridgehead atoms. The van der Waals surface area contributed by atoms with Gasteiger partial charge < -0.3 is 5.73 Å². The smallest absolute Gasteiger partial charge is 0.0487 e. The molecule has 0 spiro atoms. The highest BCUT2D eigenvalue weighted by Crippen LogP contribution is 1.64. The van der Waals surface area contributed by atoms with Gasteiger partial charge in [0.15, 0.2) is 0 Å². The van der Waals surface area contributed by atoms with E-state index < -0.39 is 0 Å². The van der Waals surface area contributed by atoms with Gasteiger partial charge in [-0.25, -0.2) is 0 Å². The lowest BCUT2D eigenvalue weighted by Crippen LogP contribution is -1.93. The Bertz CT molecular complexity index is 83.8. The van der Waals surface area contributed by atoms with Crippen molar-refractivity contribution in [2.75, 3.05) is 6.54 Å². The summed E-state index contributed by atoms with van der Waals surface area (Å²) < 4.78 is 0. The van der Waals surface area contributed by atoms with Crippen molar-refractivity contribution in [1.29, 1.82) is 0 Å². The SMILES string of the molecule is CCCN.c1cn[nH]c1. The molecule has 0 amide bonds. The lowest BCUT2D eigenvalue weighted by Gasteiger charge is -1.70. The van der Waals surface area contributed by atoms with E-state index in [1.807, 2.05) is 6.07 Å². The second-order valence-electron chi connectivity index (χ2n) is 1.56. The average molecular weight is 127 g/mol. The summed E-state index contributed by atoms with van der Waals surface area (Å²) in [7, 11) is 0. The standard InChI is InChI=1S/C3H4N2.C3H9N/c1-2-4-5-3-1;1-2-3-4/h1-3H,(H,4,5);2-4H2,1H3. The van der Waals surface area contributed by atoms with Crippen molar-refractivity contribution in [2.45, 2.75) is 13.3 Å². The van der Waals surface area contributed by atoms with Crippen LogP contribution in [-0.2, 0) is 0 Å². The maximum atomic E-state index is 5.03. The third-order valence-electron chi connectivity index (χ3n) is 0.695. The number of aromatic amines is 1. The van der Waals surface area contributed by atoms with Crippen LogP contribution in [0.2, 0.25) is 0 Å². The molecule has 0 fully saturated rings. The number of nitrogens with two attached hydrogens (primary N) is 1. The van der Waals surface area contributed by atoms with Crippen molar-refractivity contribution in [3.05, 3.63) is 18.5 Å². The number of nitrogens with zero attached hydrogens (tertiary/aromatic N) is 1. The largest absolute Gasteiger partial charge is 0.330 e. The van der Waals surface area contributed by atoms with Crippen LogP contribution in [0.5, 0.6) is 0 Å². The van der Waals surface area contributed by atoms with E-state index in [1.54, 1.807) is 12.4 Å². The minimum Gasteiger partial charge on any atom is -0.330 e. The normalized spacial score (nSPS) is 7.78. The van der Waals surface area contributed by atoms with Crippen LogP contribution in [0.25, 0.3) is 0 Å². The highest BCUT2D eigenvalue weighted by Gasteiger charge is 1.56. The average Bonchev–Trinajstić information content (AvgIpc) is 2.43. The Labute approximate surface area is 55.3 Å². The Morgan fingerprint density at radius 2 is 2.33 bits per heavy atom. The molecule has 0 aliphatic rings. The lowest BCUT2D eigenvalue weighted by molar-refractivity contribution is 0.932. The summed E-state index contributed by atoms with van der Waals surface area (Å²) >= 11 is 0. The second-order valence-corrected chi connectivity index (χ2v) is 1.56. The molecule has 0 aliphatic carbocycles. The summed E-state index contributed by atoms with van der Waals surface area (Å²) in [5.74, 6) is 0.